The quantitative estimate of drug-likeness (QED) is 0.756. The molecule has 0 aromatic heterocycles. The molecule has 0 aliphatic heterocycles. The van der Waals surface area contributed by atoms with Gasteiger partial charge in [-0.2, -0.15) is 0 Å². The minimum absolute atomic E-state index is 0.288. The summed E-state index contributed by atoms with van der Waals surface area (Å²) in [5.74, 6) is -2.67. The van der Waals surface area contributed by atoms with Crippen molar-refractivity contribution in [1.82, 2.24) is 5.32 Å². The van der Waals surface area contributed by atoms with Gasteiger partial charge >= 0.3 is 0 Å². The third-order valence-electron chi connectivity index (χ3n) is 3.35. The fourth-order valence-electron chi connectivity index (χ4n) is 2.20. The van der Waals surface area contributed by atoms with Gasteiger partial charge in [0.25, 0.3) is 5.92 Å². The van der Waals surface area contributed by atoms with Crippen LogP contribution in [0.5, 0.6) is 0 Å². The molecule has 3 N–H and O–H groups in total. The van der Waals surface area contributed by atoms with Crippen LogP contribution in [-0.4, -0.2) is 24.9 Å². The van der Waals surface area contributed by atoms with Crippen molar-refractivity contribution in [2.45, 2.75) is 50.9 Å². The van der Waals surface area contributed by atoms with E-state index in [4.69, 9.17) is 5.73 Å². The smallest absolute Gasteiger partial charge is 0.277 e. The monoisotopic (exact) mass is 248 g/mol. The van der Waals surface area contributed by atoms with Crippen molar-refractivity contribution in [3.63, 3.8) is 0 Å². The average molecular weight is 248 g/mol. The van der Waals surface area contributed by atoms with Crippen LogP contribution in [0.2, 0.25) is 0 Å². The van der Waals surface area contributed by atoms with Gasteiger partial charge in [0.1, 0.15) is 0 Å². The van der Waals surface area contributed by atoms with Gasteiger partial charge in [-0.3, -0.25) is 4.79 Å². The number of rotatable bonds is 6. The van der Waals surface area contributed by atoms with E-state index >= 15 is 0 Å². The summed E-state index contributed by atoms with van der Waals surface area (Å²) in [6, 6.07) is 0. The van der Waals surface area contributed by atoms with Gasteiger partial charge in [-0.1, -0.05) is 32.1 Å². The Hall–Kier alpha value is -0.710. The summed E-state index contributed by atoms with van der Waals surface area (Å²) < 4.78 is 25.5. The van der Waals surface area contributed by atoms with Gasteiger partial charge in [-0.05, 0) is 12.3 Å². The number of carbonyl (C=O) groups is 1. The van der Waals surface area contributed by atoms with Crippen LogP contribution in [0.25, 0.3) is 0 Å². The molecule has 5 heteroatoms. The van der Waals surface area contributed by atoms with E-state index in [1.54, 1.807) is 0 Å². The second kappa shape index (κ2) is 6.89. The lowest BCUT2D eigenvalue weighted by atomic mass is 9.86. The molecule has 17 heavy (non-hydrogen) atoms. The Bertz CT molecular complexity index is 241. The Morgan fingerprint density at radius 2 is 1.94 bits per heavy atom. The normalized spacial score (nSPS) is 18.1. The first kappa shape index (κ1) is 14.4. The fourth-order valence-corrected chi connectivity index (χ4v) is 2.20. The maximum atomic E-state index is 12.8. The first-order valence-corrected chi connectivity index (χ1v) is 6.38. The molecule has 100 valence electrons. The molecule has 0 unspecified atom stereocenters. The van der Waals surface area contributed by atoms with Gasteiger partial charge in [-0.15, -0.1) is 0 Å². The molecule has 0 radical (unpaired) electrons. The lowest BCUT2D eigenvalue weighted by Crippen LogP contribution is -2.41. The van der Waals surface area contributed by atoms with Crippen molar-refractivity contribution in [1.29, 1.82) is 0 Å². The van der Waals surface area contributed by atoms with Crippen molar-refractivity contribution in [2.75, 3.05) is 13.1 Å². The fraction of sp³-hybridized carbons (Fsp3) is 0.917. The zero-order valence-corrected chi connectivity index (χ0v) is 10.2. The summed E-state index contributed by atoms with van der Waals surface area (Å²) in [5, 5.41) is 2.24. The summed E-state index contributed by atoms with van der Waals surface area (Å²) in [4.78, 5) is 11.4. The van der Waals surface area contributed by atoms with Gasteiger partial charge in [0, 0.05) is 6.42 Å². The van der Waals surface area contributed by atoms with Gasteiger partial charge in [0.05, 0.1) is 13.1 Å². The number of nitrogens with two attached hydrogens (primary N) is 1. The molecule has 1 fully saturated rings. The minimum Gasteiger partial charge on any atom is -0.350 e. The largest absolute Gasteiger partial charge is 0.350 e. The van der Waals surface area contributed by atoms with Crippen LogP contribution in [0.15, 0.2) is 0 Å². The number of amides is 1. The predicted octanol–water partition coefficient (Wildman–Crippen LogP) is 2.06. The van der Waals surface area contributed by atoms with Crippen molar-refractivity contribution in [3.8, 4) is 0 Å². The molecule has 0 saturated heterocycles. The van der Waals surface area contributed by atoms with Gasteiger partial charge < -0.3 is 11.1 Å². The van der Waals surface area contributed by atoms with Crippen LogP contribution >= 0.6 is 0 Å². The van der Waals surface area contributed by atoms with E-state index in [2.05, 4.69) is 5.32 Å². The SMILES string of the molecule is NCC(F)(F)CNC(=O)CCC1CCCCC1. The highest BCUT2D eigenvalue weighted by molar-refractivity contribution is 5.75. The van der Waals surface area contributed by atoms with Gasteiger partial charge in [0.15, 0.2) is 0 Å². The van der Waals surface area contributed by atoms with Crippen LogP contribution in [0, 0.1) is 5.92 Å². The highest BCUT2D eigenvalue weighted by Crippen LogP contribution is 2.27. The number of carbonyl (C=O) groups excluding carboxylic acids is 1. The second-order valence-corrected chi connectivity index (χ2v) is 4.88. The standard InChI is InChI=1S/C12H22F2N2O/c13-12(14,8-15)9-16-11(17)7-6-10-4-2-1-3-5-10/h10H,1-9,15H2,(H,16,17). The molecule has 1 amide bonds. The molecule has 0 atom stereocenters. The van der Waals surface area contributed by atoms with Crippen LogP contribution in [0.1, 0.15) is 44.9 Å². The first-order chi connectivity index (χ1) is 8.03. The predicted molar refractivity (Wildman–Crippen MR) is 62.8 cm³/mol. The number of hydrogen-bond acceptors (Lipinski definition) is 2. The summed E-state index contributed by atoms with van der Waals surface area (Å²) >= 11 is 0. The summed E-state index contributed by atoms with van der Waals surface area (Å²) in [6.45, 7) is -1.37. The lowest BCUT2D eigenvalue weighted by molar-refractivity contribution is -0.123. The van der Waals surface area contributed by atoms with Crippen LogP contribution in [-0.2, 0) is 4.79 Å². The molecular formula is C12H22F2N2O. The zero-order valence-electron chi connectivity index (χ0n) is 10.2. The topological polar surface area (TPSA) is 55.1 Å². The molecule has 0 aromatic rings. The second-order valence-electron chi connectivity index (χ2n) is 4.88. The molecular weight excluding hydrogens is 226 g/mol. The molecule has 1 aliphatic carbocycles. The molecule has 0 bridgehead atoms. The van der Waals surface area contributed by atoms with Crippen LogP contribution < -0.4 is 11.1 Å². The Labute approximate surface area is 101 Å². The molecule has 1 aliphatic rings. The van der Waals surface area contributed by atoms with E-state index < -0.39 is 19.0 Å². The lowest BCUT2D eigenvalue weighted by Gasteiger charge is -2.21. The van der Waals surface area contributed by atoms with E-state index in [0.717, 1.165) is 6.42 Å². The number of halogens is 2. The minimum atomic E-state index is -2.99. The van der Waals surface area contributed by atoms with E-state index in [1.807, 2.05) is 0 Å². The molecule has 3 nitrogen and oxygen atoms in total. The van der Waals surface area contributed by atoms with E-state index in [9.17, 15) is 13.6 Å². The van der Waals surface area contributed by atoms with Crippen LogP contribution in [0.3, 0.4) is 0 Å². The maximum Gasteiger partial charge on any atom is 0.277 e. The number of nitrogens with one attached hydrogen (secondary N) is 1. The Morgan fingerprint density at radius 1 is 1.29 bits per heavy atom. The van der Waals surface area contributed by atoms with Gasteiger partial charge in [0.2, 0.25) is 5.91 Å². The average Bonchev–Trinajstić information content (AvgIpc) is 2.35. The van der Waals surface area contributed by atoms with Crippen molar-refractivity contribution < 1.29 is 13.6 Å². The molecule has 1 saturated carbocycles. The Balaban J connectivity index is 2.12. The zero-order chi connectivity index (χ0) is 12.7. The van der Waals surface area contributed by atoms with Crippen LogP contribution in [0.4, 0.5) is 8.78 Å². The number of alkyl halides is 2. The molecule has 0 spiro atoms. The summed E-state index contributed by atoms with van der Waals surface area (Å²) in [6.07, 6.45) is 7.27. The third kappa shape index (κ3) is 5.96. The highest BCUT2D eigenvalue weighted by Gasteiger charge is 2.27. The third-order valence-corrected chi connectivity index (χ3v) is 3.35. The Morgan fingerprint density at radius 3 is 2.53 bits per heavy atom. The van der Waals surface area contributed by atoms with Gasteiger partial charge in [-0.25, -0.2) is 8.78 Å². The molecule has 1 rings (SSSR count). The Kier molecular flexibility index (Phi) is 5.82. The van der Waals surface area contributed by atoms with E-state index in [1.165, 1.54) is 32.1 Å². The van der Waals surface area contributed by atoms with Crippen molar-refractivity contribution in [2.24, 2.45) is 11.7 Å². The molecule has 0 heterocycles. The molecule has 0 aromatic carbocycles. The summed E-state index contributed by atoms with van der Waals surface area (Å²) in [7, 11) is 0. The highest BCUT2D eigenvalue weighted by atomic mass is 19.3. The summed E-state index contributed by atoms with van der Waals surface area (Å²) in [5.41, 5.74) is 4.88. The van der Waals surface area contributed by atoms with Crippen molar-refractivity contribution >= 4 is 5.91 Å². The maximum absolute atomic E-state index is 12.8. The number of hydrogen-bond donors (Lipinski definition) is 2. The van der Waals surface area contributed by atoms with E-state index in [0.29, 0.717) is 12.3 Å². The van der Waals surface area contributed by atoms with E-state index in [-0.39, 0.29) is 5.91 Å². The van der Waals surface area contributed by atoms with Crippen molar-refractivity contribution in [3.05, 3.63) is 0 Å². The first-order valence-electron chi connectivity index (χ1n) is 6.38.